The molecule has 0 aliphatic carbocycles. The van der Waals surface area contributed by atoms with Gasteiger partial charge in [0.05, 0.1) is 6.54 Å². The first-order valence-corrected chi connectivity index (χ1v) is 5.80. The van der Waals surface area contributed by atoms with Crippen molar-refractivity contribution in [2.24, 2.45) is 0 Å². The van der Waals surface area contributed by atoms with Gasteiger partial charge in [-0.3, -0.25) is 4.79 Å². The summed E-state index contributed by atoms with van der Waals surface area (Å²) in [6.45, 7) is 2.09. The Hall–Kier alpha value is -2.18. The molecule has 0 unspecified atom stereocenters. The molecule has 0 saturated heterocycles. The van der Waals surface area contributed by atoms with Crippen molar-refractivity contribution < 1.29 is 22.7 Å². The van der Waals surface area contributed by atoms with Crippen molar-refractivity contribution in [3.63, 3.8) is 0 Å². The van der Waals surface area contributed by atoms with Gasteiger partial charge in [0.2, 0.25) is 5.91 Å². The molecule has 2 N–H and O–H groups in total. The lowest BCUT2D eigenvalue weighted by atomic mass is 10.2. The van der Waals surface area contributed by atoms with Crippen LogP contribution in [0.2, 0.25) is 0 Å². The van der Waals surface area contributed by atoms with Gasteiger partial charge in [-0.05, 0) is 12.1 Å². The number of nitrogens with one attached hydrogen (secondary N) is 2. The maximum Gasteiger partial charge on any atom is 0.405 e. The third-order valence-corrected chi connectivity index (χ3v) is 2.19. The minimum absolute atomic E-state index is 0.121. The molecule has 0 aliphatic rings. The van der Waals surface area contributed by atoms with Crippen LogP contribution in [0.5, 0.6) is 0 Å². The second-order valence-electron chi connectivity index (χ2n) is 3.94. The van der Waals surface area contributed by atoms with Crippen molar-refractivity contribution >= 4 is 5.91 Å². The van der Waals surface area contributed by atoms with Crippen molar-refractivity contribution in [3.05, 3.63) is 48.4 Å². The second-order valence-corrected chi connectivity index (χ2v) is 3.94. The Bertz CT molecular complexity index is 447. The van der Waals surface area contributed by atoms with E-state index in [1.165, 1.54) is 0 Å². The molecule has 0 atom stereocenters. The van der Waals surface area contributed by atoms with E-state index < -0.39 is 18.6 Å². The van der Waals surface area contributed by atoms with Gasteiger partial charge in [0.15, 0.2) is 5.88 Å². The van der Waals surface area contributed by atoms with Gasteiger partial charge < -0.3 is 15.4 Å². The fourth-order valence-corrected chi connectivity index (χ4v) is 1.24. The number of carbonyl (C=O) groups is 1. The molecule has 7 heteroatoms. The highest BCUT2D eigenvalue weighted by Crippen LogP contribution is 2.11. The number of rotatable bonds is 7. The van der Waals surface area contributed by atoms with Crippen LogP contribution >= 0.6 is 0 Å². The molecule has 0 aromatic heterocycles. The lowest BCUT2D eigenvalue weighted by molar-refractivity contribution is -0.137. The summed E-state index contributed by atoms with van der Waals surface area (Å²) in [5, 5.41) is 4.22. The number of amides is 1. The van der Waals surface area contributed by atoms with E-state index in [2.05, 4.69) is 11.9 Å². The molecule has 0 heterocycles. The summed E-state index contributed by atoms with van der Waals surface area (Å²) < 4.78 is 40.8. The average Bonchev–Trinajstić information content (AvgIpc) is 2.41. The maximum atomic E-state index is 11.8. The number of carbonyl (C=O) groups excluding carboxylic acids is 1. The first kappa shape index (κ1) is 15.9. The van der Waals surface area contributed by atoms with Gasteiger partial charge >= 0.3 is 6.18 Å². The van der Waals surface area contributed by atoms with Gasteiger partial charge in [0, 0.05) is 0 Å². The molecule has 110 valence electrons. The van der Waals surface area contributed by atoms with Crippen molar-refractivity contribution in [2.45, 2.75) is 12.8 Å². The molecule has 1 aromatic carbocycles. The van der Waals surface area contributed by atoms with Crippen LogP contribution in [0.1, 0.15) is 5.56 Å². The quantitative estimate of drug-likeness (QED) is 0.754. The highest BCUT2D eigenvalue weighted by Gasteiger charge is 2.27. The van der Waals surface area contributed by atoms with E-state index in [1.54, 1.807) is 5.32 Å². The molecule has 0 bridgehead atoms. The van der Waals surface area contributed by atoms with Crippen LogP contribution in [0.25, 0.3) is 0 Å². The van der Waals surface area contributed by atoms with Crippen LogP contribution in [0, 0.1) is 0 Å². The lowest BCUT2D eigenvalue weighted by Gasteiger charge is -2.12. The predicted octanol–water partition coefficient (Wildman–Crippen LogP) is 1.94. The second kappa shape index (κ2) is 7.42. The van der Waals surface area contributed by atoms with Gasteiger partial charge in [0.1, 0.15) is 13.2 Å². The summed E-state index contributed by atoms with van der Waals surface area (Å²) in [6.07, 6.45) is -4.42. The smallest absolute Gasteiger partial charge is 0.405 e. The summed E-state index contributed by atoms with van der Waals surface area (Å²) in [5.74, 6) is -0.664. The van der Waals surface area contributed by atoms with Crippen molar-refractivity contribution in [2.75, 3.05) is 13.1 Å². The van der Waals surface area contributed by atoms with E-state index in [0.717, 1.165) is 5.56 Å². The molecule has 1 amide bonds. The first-order chi connectivity index (χ1) is 9.37. The zero-order valence-corrected chi connectivity index (χ0v) is 10.7. The van der Waals surface area contributed by atoms with Crippen LogP contribution in [-0.2, 0) is 16.1 Å². The van der Waals surface area contributed by atoms with Crippen LogP contribution < -0.4 is 10.6 Å². The molecule has 1 rings (SSSR count). The zero-order valence-electron chi connectivity index (χ0n) is 10.7. The summed E-state index contributed by atoms with van der Waals surface area (Å²) in [6, 6.07) is 9.26. The minimum atomic E-state index is -4.42. The fourth-order valence-electron chi connectivity index (χ4n) is 1.24. The van der Waals surface area contributed by atoms with E-state index in [9.17, 15) is 18.0 Å². The third kappa shape index (κ3) is 7.30. The average molecular weight is 288 g/mol. The fraction of sp³-hybridized carbons (Fsp3) is 0.308. The normalized spacial score (nSPS) is 10.8. The molecule has 0 radical (unpaired) electrons. The highest BCUT2D eigenvalue weighted by molar-refractivity contribution is 5.78. The minimum Gasteiger partial charge on any atom is -0.475 e. The Kier molecular flexibility index (Phi) is 5.89. The lowest BCUT2D eigenvalue weighted by Crippen LogP contribution is -2.39. The highest BCUT2D eigenvalue weighted by atomic mass is 19.4. The van der Waals surface area contributed by atoms with E-state index >= 15 is 0 Å². The standard InChI is InChI=1S/C13H15F3N2O2/c1-10(20-8-11-5-3-2-4-6-11)17-7-12(19)18-9-13(14,15)16/h2-6,17H,1,7-9H2,(H,18,19). The maximum absolute atomic E-state index is 11.8. The first-order valence-electron chi connectivity index (χ1n) is 5.80. The molecule has 4 nitrogen and oxygen atoms in total. The van der Waals surface area contributed by atoms with Gasteiger partial charge in [0.25, 0.3) is 0 Å². The van der Waals surface area contributed by atoms with Crippen LogP contribution in [-0.4, -0.2) is 25.2 Å². The summed E-state index contributed by atoms with van der Waals surface area (Å²) in [7, 11) is 0. The number of hydrogen-bond donors (Lipinski definition) is 2. The van der Waals surface area contributed by atoms with Crippen LogP contribution in [0.3, 0.4) is 0 Å². The van der Waals surface area contributed by atoms with Gasteiger partial charge in [-0.25, -0.2) is 0 Å². The van der Waals surface area contributed by atoms with Crippen molar-refractivity contribution in [3.8, 4) is 0 Å². The Morgan fingerprint density at radius 1 is 1.20 bits per heavy atom. The van der Waals surface area contributed by atoms with E-state index in [1.807, 2.05) is 30.3 Å². The number of halogens is 3. The molecule has 20 heavy (non-hydrogen) atoms. The van der Waals surface area contributed by atoms with E-state index in [4.69, 9.17) is 4.74 Å². The van der Waals surface area contributed by atoms with Crippen molar-refractivity contribution in [1.29, 1.82) is 0 Å². The topological polar surface area (TPSA) is 50.4 Å². The van der Waals surface area contributed by atoms with Crippen LogP contribution in [0.4, 0.5) is 13.2 Å². The summed E-state index contributed by atoms with van der Waals surface area (Å²) >= 11 is 0. The van der Waals surface area contributed by atoms with Gasteiger partial charge in [-0.15, -0.1) is 0 Å². The third-order valence-electron chi connectivity index (χ3n) is 2.19. The number of ether oxygens (including phenoxy) is 1. The zero-order chi connectivity index (χ0) is 15.0. The predicted molar refractivity (Wildman–Crippen MR) is 67.4 cm³/mol. The number of benzene rings is 1. The van der Waals surface area contributed by atoms with E-state index in [-0.39, 0.29) is 19.0 Å². The Morgan fingerprint density at radius 2 is 1.85 bits per heavy atom. The molecular weight excluding hydrogens is 273 g/mol. The van der Waals surface area contributed by atoms with Crippen LogP contribution in [0.15, 0.2) is 42.8 Å². The molecular formula is C13H15F3N2O2. The number of alkyl halides is 3. The summed E-state index contributed by atoms with van der Waals surface area (Å²) in [5.41, 5.74) is 0.914. The summed E-state index contributed by atoms with van der Waals surface area (Å²) in [4.78, 5) is 11.1. The van der Waals surface area contributed by atoms with Crippen molar-refractivity contribution in [1.82, 2.24) is 10.6 Å². The molecule has 0 fully saturated rings. The largest absolute Gasteiger partial charge is 0.475 e. The Labute approximate surface area is 114 Å². The van der Waals surface area contributed by atoms with Gasteiger partial charge in [-0.2, -0.15) is 13.2 Å². The Morgan fingerprint density at radius 3 is 2.45 bits per heavy atom. The molecule has 0 aliphatic heterocycles. The molecule has 1 aromatic rings. The van der Waals surface area contributed by atoms with Gasteiger partial charge in [-0.1, -0.05) is 30.3 Å². The number of hydrogen-bond acceptors (Lipinski definition) is 3. The monoisotopic (exact) mass is 288 g/mol. The van der Waals surface area contributed by atoms with E-state index in [0.29, 0.717) is 0 Å². The molecule has 0 saturated carbocycles. The SMILES string of the molecule is C=C(NCC(=O)NCC(F)(F)F)OCc1ccccc1. The molecule has 0 spiro atoms. The Balaban J connectivity index is 2.18.